The van der Waals surface area contributed by atoms with Crippen molar-refractivity contribution in [3.05, 3.63) is 27.1 Å². The average molecular weight is 318 g/mol. The van der Waals surface area contributed by atoms with Crippen molar-refractivity contribution in [2.75, 3.05) is 20.3 Å². The SMILES string of the molecule is CCOP(=O)(OCC)C(C)c1oc(OC)c(C)c(=O)c1C. The van der Waals surface area contributed by atoms with Crippen LogP contribution in [0.15, 0.2) is 9.21 Å². The molecule has 1 aromatic heterocycles. The third-order valence-corrected chi connectivity index (χ3v) is 5.64. The minimum absolute atomic E-state index is 0.118. The second-order valence-electron chi connectivity index (χ2n) is 4.59. The predicted molar refractivity (Wildman–Crippen MR) is 80.3 cm³/mol. The molecule has 120 valence electrons. The molecule has 0 saturated heterocycles. The van der Waals surface area contributed by atoms with Crippen LogP contribution in [0.25, 0.3) is 0 Å². The lowest BCUT2D eigenvalue weighted by Gasteiger charge is -2.23. The van der Waals surface area contributed by atoms with Gasteiger partial charge in [0.15, 0.2) is 5.43 Å². The molecule has 0 saturated carbocycles. The van der Waals surface area contributed by atoms with Crippen LogP contribution in [0.4, 0.5) is 0 Å². The van der Waals surface area contributed by atoms with Gasteiger partial charge < -0.3 is 18.2 Å². The lowest BCUT2D eigenvalue weighted by molar-refractivity contribution is 0.207. The normalized spacial score (nSPS) is 13.2. The van der Waals surface area contributed by atoms with Gasteiger partial charge in [0.2, 0.25) is 0 Å². The van der Waals surface area contributed by atoms with Crippen molar-refractivity contribution in [3.63, 3.8) is 0 Å². The van der Waals surface area contributed by atoms with Gasteiger partial charge in [-0.25, -0.2) is 0 Å². The molecular weight excluding hydrogens is 295 g/mol. The lowest BCUT2D eigenvalue weighted by Crippen LogP contribution is -2.15. The summed E-state index contributed by atoms with van der Waals surface area (Å²) in [5, 5.41) is 0. The van der Waals surface area contributed by atoms with Crippen molar-refractivity contribution >= 4 is 7.60 Å². The zero-order chi connectivity index (χ0) is 16.2. The molecule has 0 fully saturated rings. The van der Waals surface area contributed by atoms with Crippen LogP contribution >= 0.6 is 7.60 Å². The van der Waals surface area contributed by atoms with Crippen LogP contribution in [0.5, 0.6) is 5.95 Å². The molecule has 0 aromatic carbocycles. The third-order valence-electron chi connectivity index (χ3n) is 3.22. The molecule has 1 unspecified atom stereocenters. The molecule has 0 aliphatic carbocycles. The molecule has 0 spiro atoms. The Labute approximate surface area is 124 Å². The van der Waals surface area contributed by atoms with E-state index in [4.69, 9.17) is 18.2 Å². The molecule has 0 amide bonds. The highest BCUT2D eigenvalue weighted by molar-refractivity contribution is 7.54. The van der Waals surface area contributed by atoms with Crippen LogP contribution in [0, 0.1) is 13.8 Å². The average Bonchev–Trinajstić information content (AvgIpc) is 2.45. The molecule has 7 heteroatoms. The van der Waals surface area contributed by atoms with Gasteiger partial charge in [-0.2, -0.15) is 0 Å². The van der Waals surface area contributed by atoms with E-state index in [0.717, 1.165) is 0 Å². The second kappa shape index (κ2) is 7.25. The Morgan fingerprint density at radius 1 is 1.14 bits per heavy atom. The maximum Gasteiger partial charge on any atom is 0.340 e. The summed E-state index contributed by atoms with van der Waals surface area (Å²) in [7, 11) is -2.00. The highest BCUT2D eigenvalue weighted by Crippen LogP contribution is 2.61. The maximum atomic E-state index is 12.8. The summed E-state index contributed by atoms with van der Waals surface area (Å²) >= 11 is 0. The number of hydrogen-bond donors (Lipinski definition) is 0. The van der Waals surface area contributed by atoms with Crippen molar-refractivity contribution in [1.82, 2.24) is 0 Å². The number of rotatable bonds is 7. The molecular formula is C14H23O6P. The Hall–Kier alpha value is -1.10. The van der Waals surface area contributed by atoms with Gasteiger partial charge >= 0.3 is 7.60 Å². The van der Waals surface area contributed by atoms with Gasteiger partial charge in [-0.05, 0) is 34.6 Å². The molecule has 0 N–H and O–H groups in total. The summed E-state index contributed by atoms with van der Waals surface area (Å²) in [6, 6.07) is 0. The summed E-state index contributed by atoms with van der Waals surface area (Å²) in [4.78, 5) is 12.2. The van der Waals surface area contributed by atoms with Gasteiger partial charge in [0.05, 0.1) is 25.9 Å². The molecule has 21 heavy (non-hydrogen) atoms. The molecule has 1 aromatic rings. The van der Waals surface area contributed by atoms with E-state index >= 15 is 0 Å². The Kier molecular flexibility index (Phi) is 6.20. The Morgan fingerprint density at radius 2 is 1.67 bits per heavy atom. The first-order valence-corrected chi connectivity index (χ1v) is 8.50. The van der Waals surface area contributed by atoms with Crippen molar-refractivity contribution < 1.29 is 22.8 Å². The molecule has 1 atom stereocenters. The van der Waals surface area contributed by atoms with Gasteiger partial charge in [0.25, 0.3) is 5.95 Å². The van der Waals surface area contributed by atoms with E-state index in [1.165, 1.54) is 7.11 Å². The van der Waals surface area contributed by atoms with Crippen molar-refractivity contribution in [2.24, 2.45) is 0 Å². The fraction of sp³-hybridized carbons (Fsp3) is 0.643. The van der Waals surface area contributed by atoms with Crippen molar-refractivity contribution in [3.8, 4) is 5.95 Å². The largest absolute Gasteiger partial charge is 0.468 e. The van der Waals surface area contributed by atoms with Crippen LogP contribution < -0.4 is 10.2 Å². The molecule has 1 heterocycles. The summed E-state index contributed by atoms with van der Waals surface area (Å²) in [5.74, 6) is 0.389. The Bertz CT molecular complexity index is 582. The quantitative estimate of drug-likeness (QED) is 0.715. The maximum absolute atomic E-state index is 12.8. The zero-order valence-corrected chi connectivity index (χ0v) is 14.3. The smallest absolute Gasteiger partial charge is 0.340 e. The monoisotopic (exact) mass is 318 g/mol. The molecule has 6 nitrogen and oxygen atoms in total. The minimum Gasteiger partial charge on any atom is -0.468 e. The first-order chi connectivity index (χ1) is 9.82. The topological polar surface area (TPSA) is 75.0 Å². The van der Waals surface area contributed by atoms with Crippen LogP contribution in [0.1, 0.15) is 43.3 Å². The van der Waals surface area contributed by atoms with Crippen molar-refractivity contribution in [2.45, 2.75) is 40.3 Å². The standard InChI is InChI=1S/C14H23O6P/c1-7-18-21(16,19-8-2)11(5)13-9(3)12(15)10(4)14(17-6)20-13/h11H,7-8H2,1-6H3. The highest BCUT2D eigenvalue weighted by atomic mass is 31.2. The number of methoxy groups -OCH3 is 1. The lowest BCUT2D eigenvalue weighted by atomic mass is 10.1. The summed E-state index contributed by atoms with van der Waals surface area (Å²) < 4.78 is 34.1. The molecule has 1 rings (SSSR count). The first-order valence-electron chi connectivity index (χ1n) is 6.89. The van der Waals surface area contributed by atoms with E-state index in [2.05, 4.69) is 0 Å². The van der Waals surface area contributed by atoms with Crippen LogP contribution in [0.3, 0.4) is 0 Å². The van der Waals surface area contributed by atoms with Gasteiger partial charge in [0.1, 0.15) is 11.4 Å². The van der Waals surface area contributed by atoms with Gasteiger partial charge in [-0.1, -0.05) is 0 Å². The minimum atomic E-state index is -3.41. The van der Waals surface area contributed by atoms with Gasteiger partial charge in [-0.15, -0.1) is 0 Å². The fourth-order valence-electron chi connectivity index (χ4n) is 2.10. The summed E-state index contributed by atoms with van der Waals surface area (Å²) in [6.45, 7) is 8.87. The highest BCUT2D eigenvalue weighted by Gasteiger charge is 2.37. The van der Waals surface area contributed by atoms with E-state index in [0.29, 0.717) is 11.1 Å². The zero-order valence-electron chi connectivity index (χ0n) is 13.4. The Morgan fingerprint density at radius 3 is 2.10 bits per heavy atom. The number of ether oxygens (including phenoxy) is 1. The third kappa shape index (κ3) is 3.57. The molecule has 0 radical (unpaired) electrons. The molecule has 0 bridgehead atoms. The summed E-state index contributed by atoms with van der Waals surface area (Å²) in [6.07, 6.45) is 0. The predicted octanol–water partition coefficient (Wildman–Crippen LogP) is 3.59. The van der Waals surface area contributed by atoms with Gasteiger partial charge in [0, 0.05) is 5.56 Å². The van der Waals surface area contributed by atoms with Gasteiger partial charge in [-0.3, -0.25) is 9.36 Å². The van der Waals surface area contributed by atoms with E-state index in [-0.39, 0.29) is 30.3 Å². The molecule has 0 aliphatic rings. The second-order valence-corrected chi connectivity index (χ2v) is 6.96. The van der Waals surface area contributed by atoms with Crippen LogP contribution in [-0.2, 0) is 13.6 Å². The fourth-order valence-corrected chi connectivity index (χ4v) is 3.87. The molecule has 0 aliphatic heterocycles. The van der Waals surface area contributed by atoms with E-state index in [1.54, 1.807) is 34.6 Å². The first kappa shape index (κ1) is 18.0. The van der Waals surface area contributed by atoms with Crippen molar-refractivity contribution in [1.29, 1.82) is 0 Å². The Balaban J connectivity index is 3.41. The number of hydrogen-bond acceptors (Lipinski definition) is 6. The van der Waals surface area contributed by atoms with Crippen LogP contribution in [0.2, 0.25) is 0 Å². The van der Waals surface area contributed by atoms with E-state index < -0.39 is 13.3 Å². The summed E-state index contributed by atoms with van der Waals surface area (Å²) in [5.41, 5.74) is -0.117. The van der Waals surface area contributed by atoms with Crippen LogP contribution in [-0.4, -0.2) is 20.3 Å². The van der Waals surface area contributed by atoms with E-state index in [1.807, 2.05) is 0 Å². The van der Waals surface area contributed by atoms with E-state index in [9.17, 15) is 9.36 Å².